The lowest BCUT2D eigenvalue weighted by Crippen LogP contribution is -2.29. The quantitative estimate of drug-likeness (QED) is 0.746. The van der Waals surface area contributed by atoms with E-state index in [2.05, 4.69) is 5.32 Å². The molecule has 0 saturated carbocycles. The van der Waals surface area contributed by atoms with Gasteiger partial charge in [0.25, 0.3) is 5.91 Å². The van der Waals surface area contributed by atoms with E-state index in [1.54, 1.807) is 13.2 Å². The first-order valence-corrected chi connectivity index (χ1v) is 8.24. The van der Waals surface area contributed by atoms with Crippen molar-refractivity contribution in [1.29, 1.82) is 0 Å². The third-order valence-electron chi connectivity index (χ3n) is 4.20. The number of hydrogen-bond acceptors (Lipinski definition) is 2. The second kappa shape index (κ2) is 7.67. The SMILES string of the molecule is COc1ccc(C(=O)NC(c2ccccc2)c2ccccc2)cc1C. The third kappa shape index (κ3) is 3.89. The Morgan fingerprint density at radius 1 is 0.880 bits per heavy atom. The molecule has 3 heteroatoms. The molecular weight excluding hydrogens is 310 g/mol. The zero-order chi connectivity index (χ0) is 17.6. The van der Waals surface area contributed by atoms with Crippen molar-refractivity contribution in [2.75, 3.05) is 7.11 Å². The van der Waals surface area contributed by atoms with E-state index in [0.29, 0.717) is 5.56 Å². The van der Waals surface area contributed by atoms with Crippen LogP contribution in [0.2, 0.25) is 0 Å². The molecule has 0 fully saturated rings. The van der Waals surface area contributed by atoms with E-state index in [1.165, 1.54) is 0 Å². The van der Waals surface area contributed by atoms with Crippen LogP contribution in [0.5, 0.6) is 5.75 Å². The lowest BCUT2D eigenvalue weighted by Gasteiger charge is -2.20. The number of aryl methyl sites for hydroxylation is 1. The monoisotopic (exact) mass is 331 g/mol. The molecule has 0 aromatic heterocycles. The van der Waals surface area contributed by atoms with Crippen LogP contribution in [0.4, 0.5) is 0 Å². The number of carbonyl (C=O) groups excluding carboxylic acids is 1. The van der Waals surface area contributed by atoms with Gasteiger partial charge in [-0.05, 0) is 41.8 Å². The molecule has 0 bridgehead atoms. The van der Waals surface area contributed by atoms with E-state index in [9.17, 15) is 4.79 Å². The molecule has 0 saturated heterocycles. The van der Waals surface area contributed by atoms with Gasteiger partial charge in [0, 0.05) is 5.56 Å². The van der Waals surface area contributed by atoms with Gasteiger partial charge in [-0.3, -0.25) is 4.79 Å². The Labute approximate surface area is 148 Å². The number of hydrogen-bond donors (Lipinski definition) is 1. The topological polar surface area (TPSA) is 38.3 Å². The summed E-state index contributed by atoms with van der Waals surface area (Å²) in [6, 6.07) is 25.2. The highest BCUT2D eigenvalue weighted by atomic mass is 16.5. The molecule has 25 heavy (non-hydrogen) atoms. The first-order valence-electron chi connectivity index (χ1n) is 8.24. The molecule has 3 aromatic rings. The molecule has 0 spiro atoms. The third-order valence-corrected chi connectivity index (χ3v) is 4.20. The van der Waals surface area contributed by atoms with E-state index in [1.807, 2.05) is 79.7 Å². The van der Waals surface area contributed by atoms with Crippen molar-refractivity contribution in [1.82, 2.24) is 5.32 Å². The predicted molar refractivity (Wildman–Crippen MR) is 99.9 cm³/mol. The Morgan fingerprint density at radius 2 is 1.44 bits per heavy atom. The van der Waals surface area contributed by atoms with Gasteiger partial charge >= 0.3 is 0 Å². The van der Waals surface area contributed by atoms with Crippen molar-refractivity contribution in [2.45, 2.75) is 13.0 Å². The number of rotatable bonds is 5. The number of methoxy groups -OCH3 is 1. The number of benzene rings is 3. The zero-order valence-corrected chi connectivity index (χ0v) is 14.4. The summed E-state index contributed by atoms with van der Waals surface area (Å²) in [6.45, 7) is 1.93. The number of ether oxygens (including phenoxy) is 1. The Hall–Kier alpha value is -3.07. The van der Waals surface area contributed by atoms with E-state index in [-0.39, 0.29) is 11.9 Å². The maximum absolute atomic E-state index is 12.8. The second-order valence-electron chi connectivity index (χ2n) is 5.91. The molecule has 0 aliphatic rings. The van der Waals surface area contributed by atoms with Crippen LogP contribution in [0, 0.1) is 6.92 Å². The van der Waals surface area contributed by atoms with Gasteiger partial charge in [-0.1, -0.05) is 60.7 Å². The molecule has 0 aliphatic carbocycles. The molecule has 0 atom stereocenters. The Bertz CT molecular complexity index is 805. The summed E-state index contributed by atoms with van der Waals surface area (Å²) in [5.41, 5.74) is 3.65. The second-order valence-corrected chi connectivity index (χ2v) is 5.91. The minimum absolute atomic E-state index is 0.108. The molecule has 126 valence electrons. The van der Waals surface area contributed by atoms with Gasteiger partial charge in [-0.2, -0.15) is 0 Å². The van der Waals surface area contributed by atoms with Crippen LogP contribution in [0.15, 0.2) is 78.9 Å². The van der Waals surface area contributed by atoms with Gasteiger partial charge in [0.15, 0.2) is 0 Å². The van der Waals surface area contributed by atoms with Crippen LogP contribution in [0.1, 0.15) is 33.1 Å². The van der Waals surface area contributed by atoms with Crippen LogP contribution >= 0.6 is 0 Å². The fourth-order valence-electron chi connectivity index (χ4n) is 2.88. The van der Waals surface area contributed by atoms with Crippen molar-refractivity contribution in [3.63, 3.8) is 0 Å². The average Bonchev–Trinajstić information content (AvgIpc) is 2.67. The molecule has 0 aliphatic heterocycles. The number of nitrogens with one attached hydrogen (secondary N) is 1. The highest BCUT2D eigenvalue weighted by Gasteiger charge is 2.18. The Morgan fingerprint density at radius 3 is 1.92 bits per heavy atom. The minimum Gasteiger partial charge on any atom is -0.496 e. The molecule has 3 rings (SSSR count). The molecule has 3 nitrogen and oxygen atoms in total. The lowest BCUT2D eigenvalue weighted by atomic mass is 9.98. The molecule has 3 aromatic carbocycles. The van der Waals surface area contributed by atoms with Gasteiger partial charge in [-0.15, -0.1) is 0 Å². The van der Waals surface area contributed by atoms with Crippen molar-refractivity contribution in [3.8, 4) is 5.75 Å². The standard InChI is InChI=1S/C22H21NO2/c1-16-15-19(13-14-20(16)25-2)22(24)23-21(17-9-5-3-6-10-17)18-11-7-4-8-12-18/h3-15,21H,1-2H3,(H,23,24). The minimum atomic E-state index is -0.197. The molecule has 1 N–H and O–H groups in total. The molecule has 0 unspecified atom stereocenters. The molecule has 0 radical (unpaired) electrons. The number of carbonyl (C=O) groups is 1. The van der Waals surface area contributed by atoms with Gasteiger partial charge in [-0.25, -0.2) is 0 Å². The van der Waals surface area contributed by atoms with Crippen LogP contribution in [0.25, 0.3) is 0 Å². The summed E-state index contributed by atoms with van der Waals surface area (Å²) in [7, 11) is 1.63. The van der Waals surface area contributed by atoms with Gasteiger partial charge in [0.1, 0.15) is 5.75 Å². The van der Waals surface area contributed by atoms with E-state index >= 15 is 0 Å². The van der Waals surface area contributed by atoms with Crippen LogP contribution < -0.4 is 10.1 Å². The Kier molecular flexibility index (Phi) is 5.14. The first kappa shape index (κ1) is 16.8. The van der Waals surface area contributed by atoms with Crippen LogP contribution in [-0.4, -0.2) is 13.0 Å². The van der Waals surface area contributed by atoms with Gasteiger partial charge < -0.3 is 10.1 Å². The van der Waals surface area contributed by atoms with Crippen molar-refractivity contribution in [2.24, 2.45) is 0 Å². The normalized spacial score (nSPS) is 10.5. The van der Waals surface area contributed by atoms with Crippen molar-refractivity contribution in [3.05, 3.63) is 101 Å². The highest BCUT2D eigenvalue weighted by molar-refractivity contribution is 5.95. The van der Waals surface area contributed by atoms with Crippen LogP contribution in [-0.2, 0) is 0 Å². The van der Waals surface area contributed by atoms with Gasteiger partial charge in [0.2, 0.25) is 0 Å². The largest absolute Gasteiger partial charge is 0.496 e. The summed E-state index contributed by atoms with van der Waals surface area (Å²) in [6.07, 6.45) is 0. The smallest absolute Gasteiger partial charge is 0.252 e. The molecular formula is C22H21NO2. The lowest BCUT2D eigenvalue weighted by molar-refractivity contribution is 0.0943. The fourth-order valence-corrected chi connectivity index (χ4v) is 2.88. The maximum atomic E-state index is 12.8. The molecule has 1 amide bonds. The Balaban J connectivity index is 1.90. The number of amides is 1. The highest BCUT2D eigenvalue weighted by Crippen LogP contribution is 2.23. The summed E-state index contributed by atoms with van der Waals surface area (Å²) in [5.74, 6) is 0.669. The van der Waals surface area contributed by atoms with Crippen molar-refractivity contribution < 1.29 is 9.53 Å². The summed E-state index contributed by atoms with van der Waals surface area (Å²) in [4.78, 5) is 12.8. The zero-order valence-electron chi connectivity index (χ0n) is 14.4. The first-order chi connectivity index (χ1) is 12.2. The summed E-state index contributed by atoms with van der Waals surface area (Å²) in [5, 5.41) is 3.15. The van der Waals surface area contributed by atoms with Crippen LogP contribution in [0.3, 0.4) is 0 Å². The fraction of sp³-hybridized carbons (Fsp3) is 0.136. The summed E-state index contributed by atoms with van der Waals surface area (Å²) >= 11 is 0. The summed E-state index contributed by atoms with van der Waals surface area (Å²) < 4.78 is 5.27. The van der Waals surface area contributed by atoms with E-state index < -0.39 is 0 Å². The van der Waals surface area contributed by atoms with Gasteiger partial charge in [0.05, 0.1) is 13.2 Å². The van der Waals surface area contributed by atoms with E-state index in [0.717, 1.165) is 22.4 Å². The average molecular weight is 331 g/mol. The van der Waals surface area contributed by atoms with E-state index in [4.69, 9.17) is 4.74 Å². The maximum Gasteiger partial charge on any atom is 0.252 e. The van der Waals surface area contributed by atoms with Crippen molar-refractivity contribution >= 4 is 5.91 Å². The predicted octanol–water partition coefficient (Wildman–Crippen LogP) is 4.52. The molecule has 0 heterocycles.